The van der Waals surface area contributed by atoms with Crippen molar-refractivity contribution in [2.75, 3.05) is 7.11 Å². The lowest BCUT2D eigenvalue weighted by atomic mass is 9.87. The van der Waals surface area contributed by atoms with Gasteiger partial charge < -0.3 is 4.74 Å². The molecule has 0 amide bonds. The number of ether oxygens (including phenoxy) is 1. The van der Waals surface area contributed by atoms with Crippen molar-refractivity contribution >= 4 is 11.5 Å². The molecule has 0 heterocycles. The number of carbonyl (C=O) groups excluding carboxylic acids is 1. The Morgan fingerprint density at radius 1 is 1.28 bits per heavy atom. The van der Waals surface area contributed by atoms with Crippen molar-refractivity contribution in [3.63, 3.8) is 0 Å². The standard InChI is InChI=1S/C16H20O2/c1-12(16(17)18-2)14-10-6-7-11-15(14)13-8-4-3-5-9-13/h6-8,10-12H,3-5,9H2,1-2H3. The van der Waals surface area contributed by atoms with Crippen LogP contribution in [0.2, 0.25) is 0 Å². The predicted molar refractivity (Wildman–Crippen MR) is 73.3 cm³/mol. The summed E-state index contributed by atoms with van der Waals surface area (Å²) in [6, 6.07) is 8.18. The molecule has 0 aliphatic heterocycles. The molecule has 2 rings (SSSR count). The number of esters is 1. The van der Waals surface area contributed by atoms with Crippen LogP contribution in [-0.4, -0.2) is 13.1 Å². The Hall–Kier alpha value is -1.57. The van der Waals surface area contributed by atoms with Gasteiger partial charge in [0.1, 0.15) is 0 Å². The summed E-state index contributed by atoms with van der Waals surface area (Å²) >= 11 is 0. The molecule has 1 unspecified atom stereocenters. The van der Waals surface area contributed by atoms with E-state index in [1.807, 2.05) is 25.1 Å². The lowest BCUT2D eigenvalue weighted by molar-refractivity contribution is -0.141. The Labute approximate surface area is 109 Å². The van der Waals surface area contributed by atoms with Crippen molar-refractivity contribution in [2.24, 2.45) is 0 Å². The summed E-state index contributed by atoms with van der Waals surface area (Å²) in [5.41, 5.74) is 3.68. The van der Waals surface area contributed by atoms with E-state index >= 15 is 0 Å². The zero-order valence-electron chi connectivity index (χ0n) is 11.1. The van der Waals surface area contributed by atoms with Crippen molar-refractivity contribution < 1.29 is 9.53 Å². The van der Waals surface area contributed by atoms with Crippen LogP contribution in [0.15, 0.2) is 30.3 Å². The molecule has 1 aromatic rings. The van der Waals surface area contributed by atoms with Gasteiger partial charge in [-0.05, 0) is 49.3 Å². The fraction of sp³-hybridized carbons (Fsp3) is 0.438. The molecule has 0 saturated carbocycles. The summed E-state index contributed by atoms with van der Waals surface area (Å²) in [5, 5.41) is 0. The second kappa shape index (κ2) is 5.85. The molecule has 2 nitrogen and oxygen atoms in total. The van der Waals surface area contributed by atoms with Crippen molar-refractivity contribution in [2.45, 2.75) is 38.5 Å². The van der Waals surface area contributed by atoms with Gasteiger partial charge in [0.2, 0.25) is 0 Å². The van der Waals surface area contributed by atoms with Crippen LogP contribution in [0, 0.1) is 0 Å². The van der Waals surface area contributed by atoms with Gasteiger partial charge in [-0.25, -0.2) is 0 Å². The van der Waals surface area contributed by atoms with E-state index < -0.39 is 0 Å². The van der Waals surface area contributed by atoms with Crippen LogP contribution in [0.25, 0.3) is 5.57 Å². The van der Waals surface area contributed by atoms with Crippen LogP contribution < -0.4 is 0 Å². The normalized spacial score (nSPS) is 16.9. The van der Waals surface area contributed by atoms with Crippen LogP contribution in [0.5, 0.6) is 0 Å². The molecular weight excluding hydrogens is 224 g/mol. The molecule has 0 bridgehead atoms. The molecule has 1 aromatic carbocycles. The Morgan fingerprint density at radius 3 is 2.72 bits per heavy atom. The molecule has 0 N–H and O–H groups in total. The monoisotopic (exact) mass is 244 g/mol. The number of allylic oxidation sites excluding steroid dienone is 2. The van der Waals surface area contributed by atoms with Crippen molar-refractivity contribution in [1.29, 1.82) is 0 Å². The SMILES string of the molecule is COC(=O)C(C)c1ccccc1C1=CCCCC1. The first-order chi connectivity index (χ1) is 8.74. The van der Waals surface area contributed by atoms with Gasteiger partial charge in [-0.15, -0.1) is 0 Å². The number of carbonyl (C=O) groups is 1. The average molecular weight is 244 g/mol. The van der Waals surface area contributed by atoms with E-state index in [2.05, 4.69) is 12.1 Å². The third-order valence-electron chi connectivity index (χ3n) is 3.62. The summed E-state index contributed by atoms with van der Waals surface area (Å²) in [7, 11) is 1.45. The zero-order chi connectivity index (χ0) is 13.0. The van der Waals surface area contributed by atoms with Crippen LogP contribution in [0.4, 0.5) is 0 Å². The number of rotatable bonds is 3. The van der Waals surface area contributed by atoms with E-state index in [1.165, 1.54) is 31.1 Å². The minimum atomic E-state index is -0.200. The third-order valence-corrected chi connectivity index (χ3v) is 3.62. The van der Waals surface area contributed by atoms with E-state index in [-0.39, 0.29) is 11.9 Å². The highest BCUT2D eigenvalue weighted by atomic mass is 16.5. The van der Waals surface area contributed by atoms with Gasteiger partial charge >= 0.3 is 5.97 Å². The second-order valence-electron chi connectivity index (χ2n) is 4.81. The molecule has 0 spiro atoms. The van der Waals surface area contributed by atoms with Crippen LogP contribution in [-0.2, 0) is 9.53 Å². The molecule has 0 fully saturated rings. The van der Waals surface area contributed by atoms with Gasteiger partial charge in [-0.2, -0.15) is 0 Å². The number of methoxy groups -OCH3 is 1. The maximum absolute atomic E-state index is 11.7. The topological polar surface area (TPSA) is 26.3 Å². The Kier molecular flexibility index (Phi) is 4.19. The van der Waals surface area contributed by atoms with Gasteiger partial charge in [0.25, 0.3) is 0 Å². The summed E-state index contributed by atoms with van der Waals surface area (Å²) in [4.78, 5) is 11.7. The van der Waals surface area contributed by atoms with E-state index in [9.17, 15) is 4.79 Å². The van der Waals surface area contributed by atoms with Gasteiger partial charge in [0, 0.05) is 0 Å². The first-order valence-electron chi connectivity index (χ1n) is 6.60. The Morgan fingerprint density at radius 2 is 2.06 bits per heavy atom. The summed E-state index contributed by atoms with van der Waals surface area (Å²) in [5.74, 6) is -0.368. The first kappa shape index (κ1) is 12.9. The number of hydrogen-bond donors (Lipinski definition) is 0. The third kappa shape index (κ3) is 2.63. The number of hydrogen-bond acceptors (Lipinski definition) is 2. The minimum absolute atomic E-state index is 0.168. The molecule has 96 valence electrons. The second-order valence-corrected chi connectivity index (χ2v) is 4.81. The van der Waals surface area contributed by atoms with E-state index in [0.717, 1.165) is 18.4 Å². The summed E-state index contributed by atoms with van der Waals surface area (Å²) in [6.07, 6.45) is 7.10. The molecule has 1 aliphatic rings. The van der Waals surface area contributed by atoms with Gasteiger partial charge in [-0.1, -0.05) is 30.3 Å². The summed E-state index contributed by atoms with van der Waals surface area (Å²) in [6.45, 7) is 1.91. The molecule has 0 saturated heterocycles. The van der Waals surface area contributed by atoms with Gasteiger partial charge in [-0.3, -0.25) is 4.79 Å². The van der Waals surface area contributed by atoms with Crippen LogP contribution in [0.1, 0.15) is 49.7 Å². The highest BCUT2D eigenvalue weighted by molar-refractivity contribution is 5.81. The average Bonchev–Trinajstić information content (AvgIpc) is 2.46. The smallest absolute Gasteiger partial charge is 0.312 e. The highest BCUT2D eigenvalue weighted by Gasteiger charge is 2.20. The molecule has 2 heteroatoms. The molecule has 1 aliphatic carbocycles. The maximum atomic E-state index is 11.7. The Bertz CT molecular complexity index is 460. The van der Waals surface area contributed by atoms with E-state index in [1.54, 1.807) is 0 Å². The van der Waals surface area contributed by atoms with Gasteiger partial charge in [0.05, 0.1) is 13.0 Å². The fourth-order valence-electron chi connectivity index (χ4n) is 2.55. The lowest BCUT2D eigenvalue weighted by Crippen LogP contribution is -2.12. The molecule has 18 heavy (non-hydrogen) atoms. The highest BCUT2D eigenvalue weighted by Crippen LogP contribution is 2.32. The van der Waals surface area contributed by atoms with Crippen LogP contribution >= 0.6 is 0 Å². The van der Waals surface area contributed by atoms with Crippen molar-refractivity contribution in [1.82, 2.24) is 0 Å². The molecular formula is C16H20O2. The largest absolute Gasteiger partial charge is 0.469 e. The fourth-order valence-corrected chi connectivity index (χ4v) is 2.55. The molecule has 1 atom stereocenters. The minimum Gasteiger partial charge on any atom is -0.469 e. The zero-order valence-corrected chi connectivity index (χ0v) is 11.1. The van der Waals surface area contributed by atoms with Crippen LogP contribution in [0.3, 0.4) is 0 Å². The predicted octanol–water partition coefficient (Wildman–Crippen LogP) is 3.92. The molecule has 0 radical (unpaired) electrons. The van der Waals surface area contributed by atoms with E-state index in [4.69, 9.17) is 4.74 Å². The first-order valence-corrected chi connectivity index (χ1v) is 6.60. The lowest BCUT2D eigenvalue weighted by Gasteiger charge is -2.19. The molecule has 0 aromatic heterocycles. The van der Waals surface area contributed by atoms with Gasteiger partial charge in [0.15, 0.2) is 0 Å². The van der Waals surface area contributed by atoms with Crippen molar-refractivity contribution in [3.05, 3.63) is 41.5 Å². The maximum Gasteiger partial charge on any atom is 0.312 e. The Balaban J connectivity index is 2.36. The number of benzene rings is 1. The summed E-state index contributed by atoms with van der Waals surface area (Å²) < 4.78 is 4.85. The van der Waals surface area contributed by atoms with E-state index in [0.29, 0.717) is 0 Å². The van der Waals surface area contributed by atoms with Crippen molar-refractivity contribution in [3.8, 4) is 0 Å². The quantitative estimate of drug-likeness (QED) is 0.753.